The molecular formula is C48H40N2O7. The molecule has 5 heterocycles. The third-order valence-corrected chi connectivity index (χ3v) is 12.8. The smallest absolute Gasteiger partial charge is 0.329 e. The third-order valence-electron chi connectivity index (χ3n) is 12.8. The molecule has 10 rings (SSSR count). The van der Waals surface area contributed by atoms with Crippen LogP contribution in [-0.4, -0.2) is 60.6 Å². The van der Waals surface area contributed by atoms with Crippen molar-refractivity contribution in [2.75, 3.05) is 16.9 Å². The predicted octanol–water partition coefficient (Wildman–Crippen LogP) is 7.62. The highest BCUT2D eigenvalue weighted by molar-refractivity contribution is 6.12. The zero-order valence-electron chi connectivity index (χ0n) is 31.7. The fraction of sp³-hybridized carbons (Fsp3) is 0.250. The van der Waals surface area contributed by atoms with Gasteiger partial charge in [0, 0.05) is 54.1 Å². The van der Waals surface area contributed by atoms with E-state index in [0.29, 0.717) is 28.1 Å². The van der Waals surface area contributed by atoms with Gasteiger partial charge in [-0.05, 0) is 41.0 Å². The van der Waals surface area contributed by atoms with Gasteiger partial charge >= 0.3 is 11.9 Å². The van der Waals surface area contributed by atoms with Crippen LogP contribution in [0.4, 0.5) is 11.4 Å². The number of hydrogen-bond acceptors (Lipinski definition) is 9. The van der Waals surface area contributed by atoms with Crippen LogP contribution in [0, 0.1) is 11.3 Å². The molecule has 0 unspecified atom stereocenters. The first-order chi connectivity index (χ1) is 27.7. The third kappa shape index (κ3) is 4.94. The molecule has 0 N–H and O–H groups in total. The van der Waals surface area contributed by atoms with Gasteiger partial charge in [-0.25, -0.2) is 0 Å². The van der Waals surface area contributed by atoms with Crippen molar-refractivity contribution < 1.29 is 33.4 Å². The number of hydrogen-bond donors (Lipinski definition) is 0. The Morgan fingerprint density at radius 1 is 0.649 bits per heavy atom. The molecule has 5 aromatic rings. The number of cyclic esters (lactones) is 2. The summed E-state index contributed by atoms with van der Waals surface area (Å²) in [4.78, 5) is 65.7. The molecule has 284 valence electrons. The standard InChI is InChI=1S/C48H40N2O7/c1-47(2)56-45(53)48(46(54)57-47)39(29-22-25-32(55-3)26-23-29)41(43(52)31-17-8-5-9-18-31)50-35-21-13-11-19-33(35)37-38(44(48)50)36-27-24-28-14-10-12-20-34(28)49(36)40(37)42(51)30-15-6-4-7-16-30/h4-27,36-41,44H,1-3H3/t36-,37+,38-,39+,40-,41+,44+/m0/s1. The highest BCUT2D eigenvalue weighted by Crippen LogP contribution is 2.67. The number of carbonyl (C=O) groups excluding carboxylic acids is 4. The van der Waals surface area contributed by atoms with E-state index in [4.69, 9.17) is 14.2 Å². The van der Waals surface area contributed by atoms with Crippen LogP contribution in [0.5, 0.6) is 5.75 Å². The summed E-state index contributed by atoms with van der Waals surface area (Å²) in [5.74, 6) is -5.00. The van der Waals surface area contributed by atoms with Crippen LogP contribution < -0.4 is 14.5 Å². The molecule has 5 aromatic carbocycles. The molecule has 0 amide bonds. The average molecular weight is 757 g/mol. The highest BCUT2D eigenvalue weighted by atomic mass is 16.7. The Hall–Kier alpha value is -6.48. The molecule has 9 heteroatoms. The van der Waals surface area contributed by atoms with Crippen molar-refractivity contribution in [3.8, 4) is 5.75 Å². The van der Waals surface area contributed by atoms with E-state index in [9.17, 15) is 0 Å². The van der Waals surface area contributed by atoms with Gasteiger partial charge in [-0.15, -0.1) is 0 Å². The van der Waals surface area contributed by atoms with E-state index >= 15 is 19.2 Å². The molecule has 57 heavy (non-hydrogen) atoms. The number of rotatable bonds is 6. The van der Waals surface area contributed by atoms with Gasteiger partial charge in [-0.3, -0.25) is 19.2 Å². The number of ether oxygens (including phenoxy) is 3. The van der Waals surface area contributed by atoms with E-state index in [1.807, 2.05) is 114 Å². The lowest BCUT2D eigenvalue weighted by molar-refractivity contribution is -0.253. The number of Topliss-reactive ketones (excluding diaryl/α,β-unsaturated/α-hetero) is 2. The molecule has 3 saturated heterocycles. The molecular weight excluding hydrogens is 717 g/mol. The van der Waals surface area contributed by atoms with Crippen LogP contribution >= 0.6 is 0 Å². The lowest BCUT2D eigenvalue weighted by Crippen LogP contribution is -2.64. The van der Waals surface area contributed by atoms with Crippen molar-refractivity contribution in [1.29, 1.82) is 0 Å². The predicted molar refractivity (Wildman–Crippen MR) is 214 cm³/mol. The maximum absolute atomic E-state index is 15.4. The summed E-state index contributed by atoms with van der Waals surface area (Å²) in [7, 11) is 1.57. The van der Waals surface area contributed by atoms with Gasteiger partial charge in [0.25, 0.3) is 5.79 Å². The lowest BCUT2D eigenvalue weighted by atomic mass is 9.60. The Labute approximate surface area is 330 Å². The monoisotopic (exact) mass is 756 g/mol. The van der Waals surface area contributed by atoms with Crippen LogP contribution in [-0.2, 0) is 19.1 Å². The van der Waals surface area contributed by atoms with Crippen LogP contribution in [0.3, 0.4) is 0 Å². The van der Waals surface area contributed by atoms with E-state index in [1.54, 1.807) is 45.2 Å². The Bertz CT molecular complexity index is 2460. The first kappa shape index (κ1) is 35.0. The lowest BCUT2D eigenvalue weighted by Gasteiger charge is -2.50. The molecule has 1 spiro atoms. The second kappa shape index (κ2) is 12.8. The van der Waals surface area contributed by atoms with Crippen molar-refractivity contribution in [2.45, 2.75) is 55.6 Å². The van der Waals surface area contributed by atoms with E-state index in [1.165, 1.54) is 0 Å². The Balaban J connectivity index is 1.30. The van der Waals surface area contributed by atoms with Crippen LogP contribution in [0.1, 0.15) is 63.1 Å². The Kier molecular flexibility index (Phi) is 7.84. The molecule has 0 aliphatic carbocycles. The second-order valence-electron chi connectivity index (χ2n) is 16.0. The minimum atomic E-state index is -2.04. The van der Waals surface area contributed by atoms with Crippen LogP contribution in [0.15, 0.2) is 140 Å². The van der Waals surface area contributed by atoms with Crippen molar-refractivity contribution >= 4 is 41.0 Å². The number of nitrogens with zero attached hydrogens (tertiary/aromatic N) is 2. The molecule has 0 saturated carbocycles. The molecule has 0 aromatic heterocycles. The number of esters is 2. The Morgan fingerprint density at radius 3 is 1.84 bits per heavy atom. The number of para-hydroxylation sites is 2. The average Bonchev–Trinajstić information content (AvgIpc) is 3.75. The summed E-state index contributed by atoms with van der Waals surface area (Å²) in [6.45, 7) is 3.09. The summed E-state index contributed by atoms with van der Waals surface area (Å²) in [5, 5.41) is 0. The van der Waals surface area contributed by atoms with Crippen molar-refractivity contribution in [1.82, 2.24) is 0 Å². The largest absolute Gasteiger partial charge is 0.497 e. The molecule has 0 radical (unpaired) electrons. The molecule has 9 nitrogen and oxygen atoms in total. The van der Waals surface area contributed by atoms with Gasteiger partial charge in [0.1, 0.15) is 17.8 Å². The maximum Gasteiger partial charge on any atom is 0.329 e. The number of methoxy groups -OCH3 is 1. The number of benzene rings is 5. The van der Waals surface area contributed by atoms with Crippen molar-refractivity contribution in [3.63, 3.8) is 0 Å². The molecule has 3 fully saturated rings. The SMILES string of the molecule is COc1ccc([C@@H]2[C@H](C(=O)c3ccccc3)N3c4ccccc4[C@@H]4[C@H]([C@@H]5C=Cc6ccccc6N5[C@@H]4C(=O)c4ccccc4)[C@@H]3C23C(=O)OC(C)(C)OC3=O)cc1. The molecule has 5 aliphatic heterocycles. The normalized spacial score (nSPS) is 27.0. The van der Waals surface area contributed by atoms with E-state index in [2.05, 4.69) is 17.1 Å². The highest BCUT2D eigenvalue weighted by Gasteiger charge is 2.79. The summed E-state index contributed by atoms with van der Waals surface area (Å²) in [6, 6.07) is 38.0. The first-order valence-corrected chi connectivity index (χ1v) is 19.4. The number of ketones is 2. The molecule has 0 bridgehead atoms. The quantitative estimate of drug-likeness (QED) is 0.0984. The van der Waals surface area contributed by atoms with Crippen molar-refractivity contribution in [2.24, 2.45) is 11.3 Å². The fourth-order valence-electron chi connectivity index (χ4n) is 10.7. The second-order valence-corrected chi connectivity index (χ2v) is 16.0. The van der Waals surface area contributed by atoms with Gasteiger partial charge in [-0.2, -0.15) is 0 Å². The van der Waals surface area contributed by atoms with Gasteiger partial charge in [-0.1, -0.05) is 121 Å². The molecule has 7 atom stereocenters. The number of anilines is 2. The summed E-state index contributed by atoms with van der Waals surface area (Å²) < 4.78 is 17.9. The van der Waals surface area contributed by atoms with E-state index in [-0.39, 0.29) is 11.6 Å². The number of carbonyl (C=O) groups is 4. The number of fused-ring (bicyclic) bond motifs is 11. The van der Waals surface area contributed by atoms with Gasteiger partial charge in [0.2, 0.25) is 0 Å². The first-order valence-electron chi connectivity index (χ1n) is 19.4. The summed E-state index contributed by atoms with van der Waals surface area (Å²) in [5.41, 5.74) is 2.91. The van der Waals surface area contributed by atoms with Gasteiger partial charge in [0.05, 0.1) is 19.2 Å². The van der Waals surface area contributed by atoms with E-state index in [0.717, 1.165) is 16.8 Å². The topological polar surface area (TPSA) is 102 Å². The zero-order valence-corrected chi connectivity index (χ0v) is 31.7. The van der Waals surface area contributed by atoms with Crippen LogP contribution in [0.25, 0.3) is 6.08 Å². The molecule has 5 aliphatic rings. The minimum absolute atomic E-state index is 0.0768. The van der Waals surface area contributed by atoms with Crippen LogP contribution in [0.2, 0.25) is 0 Å². The van der Waals surface area contributed by atoms with Gasteiger partial charge in [0.15, 0.2) is 17.0 Å². The minimum Gasteiger partial charge on any atom is -0.497 e. The van der Waals surface area contributed by atoms with E-state index < -0.39 is 65.1 Å². The zero-order chi connectivity index (χ0) is 39.2. The summed E-state index contributed by atoms with van der Waals surface area (Å²) in [6.07, 6.45) is 4.15. The maximum atomic E-state index is 15.4. The van der Waals surface area contributed by atoms with Gasteiger partial charge < -0.3 is 24.0 Å². The fourth-order valence-corrected chi connectivity index (χ4v) is 10.7. The summed E-state index contributed by atoms with van der Waals surface area (Å²) >= 11 is 0. The van der Waals surface area contributed by atoms with Crippen molar-refractivity contribution in [3.05, 3.63) is 167 Å². The Morgan fingerprint density at radius 2 is 1.21 bits per heavy atom.